The molecule has 6 nitrogen and oxygen atoms in total. The van der Waals surface area contributed by atoms with Gasteiger partial charge in [0, 0.05) is 30.1 Å². The molecule has 3 aromatic rings. The van der Waals surface area contributed by atoms with Gasteiger partial charge in [-0.1, -0.05) is 6.07 Å². The Morgan fingerprint density at radius 3 is 2.54 bits per heavy atom. The number of anilines is 1. The quantitative estimate of drug-likeness (QED) is 0.671. The molecule has 0 aliphatic carbocycles. The summed E-state index contributed by atoms with van der Waals surface area (Å²) in [5, 5.41) is 4.18. The molecule has 136 valence electrons. The van der Waals surface area contributed by atoms with E-state index in [2.05, 4.69) is 30.7 Å². The Bertz CT molecular complexity index is 1080. The van der Waals surface area contributed by atoms with Crippen molar-refractivity contribution in [1.29, 1.82) is 0 Å². The average molecular weight is 439 g/mol. The monoisotopic (exact) mass is 438 g/mol. The summed E-state index contributed by atoms with van der Waals surface area (Å²) in [6.45, 7) is 3.60. The SMILES string of the molecule is Cc1nn(C)c(C)c1-c1cc(NS(=O)(=O)c2ccccn2)cc(Br)c1F. The molecule has 0 unspecified atom stereocenters. The Morgan fingerprint density at radius 1 is 1.23 bits per heavy atom. The lowest BCUT2D eigenvalue weighted by molar-refractivity contribution is 0.597. The van der Waals surface area contributed by atoms with E-state index in [0.717, 1.165) is 5.69 Å². The fourth-order valence-corrected chi connectivity index (χ4v) is 4.16. The first-order valence-electron chi connectivity index (χ1n) is 7.64. The molecule has 0 atom stereocenters. The van der Waals surface area contributed by atoms with Crippen molar-refractivity contribution in [2.24, 2.45) is 7.05 Å². The Labute approximate surface area is 159 Å². The number of benzene rings is 1. The normalized spacial score (nSPS) is 11.6. The lowest BCUT2D eigenvalue weighted by Crippen LogP contribution is -2.14. The molecule has 1 N–H and O–H groups in total. The highest BCUT2D eigenvalue weighted by Gasteiger charge is 2.21. The number of hydrogen-bond acceptors (Lipinski definition) is 4. The summed E-state index contributed by atoms with van der Waals surface area (Å²) < 4.78 is 43.9. The summed E-state index contributed by atoms with van der Waals surface area (Å²) in [5.74, 6) is -0.481. The molecule has 0 aliphatic rings. The third-order valence-electron chi connectivity index (χ3n) is 3.97. The maximum absolute atomic E-state index is 14.7. The van der Waals surface area contributed by atoms with Crippen LogP contribution >= 0.6 is 15.9 Å². The second-order valence-corrected chi connectivity index (χ2v) is 8.25. The predicted molar refractivity (Wildman–Crippen MR) is 101 cm³/mol. The highest BCUT2D eigenvalue weighted by atomic mass is 79.9. The van der Waals surface area contributed by atoms with Gasteiger partial charge in [0.15, 0.2) is 5.03 Å². The van der Waals surface area contributed by atoms with Gasteiger partial charge in [-0.05, 0) is 54.0 Å². The van der Waals surface area contributed by atoms with Crippen LogP contribution in [0, 0.1) is 19.7 Å². The van der Waals surface area contributed by atoms with Crippen LogP contribution in [-0.2, 0) is 17.1 Å². The van der Waals surface area contributed by atoms with E-state index in [1.165, 1.54) is 24.4 Å². The number of hydrogen-bond donors (Lipinski definition) is 1. The van der Waals surface area contributed by atoms with Gasteiger partial charge in [0.05, 0.1) is 15.9 Å². The fourth-order valence-electron chi connectivity index (χ4n) is 2.71. The van der Waals surface area contributed by atoms with Gasteiger partial charge in [0.2, 0.25) is 0 Å². The van der Waals surface area contributed by atoms with Crippen LogP contribution in [0.15, 0.2) is 46.0 Å². The summed E-state index contributed by atoms with van der Waals surface area (Å²) in [6, 6.07) is 7.42. The van der Waals surface area contributed by atoms with Gasteiger partial charge in [-0.3, -0.25) is 9.40 Å². The number of halogens is 2. The lowest BCUT2D eigenvalue weighted by Gasteiger charge is -2.12. The van der Waals surface area contributed by atoms with Gasteiger partial charge < -0.3 is 0 Å². The van der Waals surface area contributed by atoms with Gasteiger partial charge >= 0.3 is 0 Å². The smallest absolute Gasteiger partial charge is 0.278 e. The molecule has 26 heavy (non-hydrogen) atoms. The van der Waals surface area contributed by atoms with Crippen molar-refractivity contribution in [2.75, 3.05) is 4.72 Å². The van der Waals surface area contributed by atoms with Crippen LogP contribution in [0.4, 0.5) is 10.1 Å². The number of aromatic nitrogens is 3. The summed E-state index contributed by atoms with van der Waals surface area (Å²) in [5.41, 5.74) is 2.55. The van der Waals surface area contributed by atoms with E-state index >= 15 is 0 Å². The standard InChI is InChI=1S/C17H16BrFN4O2S/c1-10-16(11(2)23(3)21-10)13-8-12(9-14(18)17(13)19)22-26(24,25)15-6-4-5-7-20-15/h4-9,22H,1-3H3. The zero-order valence-electron chi connectivity index (χ0n) is 14.3. The molecule has 0 spiro atoms. The van der Waals surface area contributed by atoms with E-state index in [0.29, 0.717) is 11.3 Å². The van der Waals surface area contributed by atoms with Crippen molar-refractivity contribution in [3.8, 4) is 11.1 Å². The van der Waals surface area contributed by atoms with Crippen LogP contribution < -0.4 is 4.72 Å². The molecule has 1 aromatic carbocycles. The number of nitrogens with zero attached hydrogens (tertiary/aromatic N) is 3. The highest BCUT2D eigenvalue weighted by Crippen LogP contribution is 2.35. The van der Waals surface area contributed by atoms with Crippen LogP contribution in [0.2, 0.25) is 0 Å². The molecule has 0 amide bonds. The lowest BCUT2D eigenvalue weighted by atomic mass is 10.0. The second kappa shape index (κ2) is 6.81. The molecule has 0 saturated heterocycles. The van der Waals surface area contributed by atoms with Gasteiger partial charge in [0.25, 0.3) is 10.0 Å². The third-order valence-corrected chi connectivity index (χ3v) is 5.85. The van der Waals surface area contributed by atoms with E-state index in [1.807, 2.05) is 6.92 Å². The largest absolute Gasteiger partial charge is 0.279 e. The van der Waals surface area contributed by atoms with E-state index in [1.54, 1.807) is 30.8 Å². The first kappa shape index (κ1) is 18.5. The van der Waals surface area contributed by atoms with Gasteiger partial charge in [-0.25, -0.2) is 9.37 Å². The predicted octanol–water partition coefficient (Wildman–Crippen LogP) is 3.80. The van der Waals surface area contributed by atoms with Crippen molar-refractivity contribution in [2.45, 2.75) is 18.9 Å². The molecule has 0 aliphatic heterocycles. The van der Waals surface area contributed by atoms with Crippen molar-refractivity contribution >= 4 is 31.6 Å². The fraction of sp³-hybridized carbons (Fsp3) is 0.176. The van der Waals surface area contributed by atoms with Crippen LogP contribution in [-0.4, -0.2) is 23.2 Å². The summed E-state index contributed by atoms with van der Waals surface area (Å²) in [6.07, 6.45) is 1.39. The van der Waals surface area contributed by atoms with Crippen LogP contribution in [0.1, 0.15) is 11.4 Å². The Kier molecular flexibility index (Phi) is 4.85. The van der Waals surface area contributed by atoms with E-state index < -0.39 is 15.8 Å². The van der Waals surface area contributed by atoms with Gasteiger partial charge in [-0.2, -0.15) is 13.5 Å². The van der Waals surface area contributed by atoms with Crippen molar-refractivity contribution < 1.29 is 12.8 Å². The maximum atomic E-state index is 14.7. The molecule has 0 fully saturated rings. The van der Waals surface area contributed by atoms with Crippen LogP contribution in [0.3, 0.4) is 0 Å². The molecule has 9 heteroatoms. The first-order valence-corrected chi connectivity index (χ1v) is 9.92. The zero-order chi connectivity index (χ0) is 19.1. The number of nitrogens with one attached hydrogen (secondary N) is 1. The zero-order valence-corrected chi connectivity index (χ0v) is 16.7. The topological polar surface area (TPSA) is 76.9 Å². The Morgan fingerprint density at radius 2 is 1.96 bits per heavy atom. The maximum Gasteiger partial charge on any atom is 0.279 e. The molecule has 2 heterocycles. The molecule has 0 saturated carbocycles. The molecule has 0 bridgehead atoms. The minimum absolute atomic E-state index is 0.115. The van der Waals surface area contributed by atoms with E-state index in [4.69, 9.17) is 0 Å². The summed E-state index contributed by atoms with van der Waals surface area (Å²) in [4.78, 5) is 3.85. The Hall–Kier alpha value is -2.26. The number of pyridine rings is 1. The molecule has 2 aromatic heterocycles. The number of aryl methyl sites for hydroxylation is 2. The second-order valence-electron chi connectivity index (χ2n) is 5.76. The molecular formula is C17H16BrFN4O2S. The minimum atomic E-state index is -3.88. The van der Waals surface area contributed by atoms with Crippen molar-refractivity contribution in [3.63, 3.8) is 0 Å². The Balaban J connectivity index is 2.10. The molecule has 3 rings (SSSR count). The van der Waals surface area contributed by atoms with E-state index in [9.17, 15) is 12.8 Å². The molecular weight excluding hydrogens is 423 g/mol. The molecule has 0 radical (unpaired) electrons. The first-order chi connectivity index (χ1) is 12.2. The van der Waals surface area contributed by atoms with Crippen LogP contribution in [0.25, 0.3) is 11.1 Å². The van der Waals surface area contributed by atoms with Gasteiger partial charge in [0.1, 0.15) is 5.82 Å². The third kappa shape index (κ3) is 3.36. The minimum Gasteiger partial charge on any atom is -0.278 e. The average Bonchev–Trinajstić information content (AvgIpc) is 2.84. The number of sulfonamides is 1. The highest BCUT2D eigenvalue weighted by molar-refractivity contribution is 9.10. The van der Waals surface area contributed by atoms with Gasteiger partial charge in [-0.15, -0.1) is 0 Å². The van der Waals surface area contributed by atoms with Crippen molar-refractivity contribution in [3.05, 3.63) is 58.2 Å². The summed E-state index contributed by atoms with van der Waals surface area (Å²) in [7, 11) is -2.11. The number of rotatable bonds is 4. The van der Waals surface area contributed by atoms with Crippen LogP contribution in [0.5, 0.6) is 0 Å². The van der Waals surface area contributed by atoms with Crippen molar-refractivity contribution in [1.82, 2.24) is 14.8 Å². The summed E-state index contributed by atoms with van der Waals surface area (Å²) >= 11 is 3.16. The van der Waals surface area contributed by atoms with E-state index in [-0.39, 0.29) is 20.7 Å².